The number of hydrogen-bond donors (Lipinski definition) is 2. The summed E-state index contributed by atoms with van der Waals surface area (Å²) in [5.74, 6) is -1.58. The van der Waals surface area contributed by atoms with Crippen molar-refractivity contribution >= 4 is 16.0 Å². The summed E-state index contributed by atoms with van der Waals surface area (Å²) in [6.45, 7) is 0. The number of aliphatic carboxylic acids is 1. The van der Waals surface area contributed by atoms with E-state index in [1.54, 1.807) is 30.3 Å². The van der Waals surface area contributed by atoms with E-state index < -0.39 is 28.1 Å². The number of rotatable bonds is 9. The zero-order valence-corrected chi connectivity index (χ0v) is 14.6. The summed E-state index contributed by atoms with van der Waals surface area (Å²) >= 11 is 0. The molecule has 0 amide bonds. The molecule has 1 unspecified atom stereocenters. The summed E-state index contributed by atoms with van der Waals surface area (Å²) in [6, 6.07) is 16.2. The normalized spacial score (nSPS) is 14.0. The second-order valence-corrected chi connectivity index (χ2v) is 7.43. The Kier molecular flexibility index (Phi) is 6.69. The van der Waals surface area contributed by atoms with E-state index in [2.05, 4.69) is 4.72 Å². The standard InChI is InChI=1S/C18H21NO5S/c1-24-16(12-14-8-4-2-5-9-14)13-25(22,23)19-17(18(20)21)15-10-6-3-7-11-15/h2-11,16-17,19H,12-13H2,1H3,(H,20,21)/t16?,17-/m1/s1. The number of benzene rings is 2. The van der Waals surface area contributed by atoms with Gasteiger partial charge in [0.15, 0.2) is 0 Å². The Hall–Kier alpha value is -2.22. The summed E-state index contributed by atoms with van der Waals surface area (Å²) < 4.78 is 32.4. The predicted molar refractivity (Wildman–Crippen MR) is 94.7 cm³/mol. The highest BCUT2D eigenvalue weighted by Gasteiger charge is 2.28. The minimum Gasteiger partial charge on any atom is -0.480 e. The first-order valence-corrected chi connectivity index (χ1v) is 9.41. The number of methoxy groups -OCH3 is 1. The highest BCUT2D eigenvalue weighted by Crippen LogP contribution is 2.15. The van der Waals surface area contributed by atoms with Gasteiger partial charge < -0.3 is 9.84 Å². The highest BCUT2D eigenvalue weighted by atomic mass is 32.2. The van der Waals surface area contributed by atoms with Gasteiger partial charge in [-0.15, -0.1) is 0 Å². The summed E-state index contributed by atoms with van der Waals surface area (Å²) in [7, 11) is -2.42. The molecule has 0 fully saturated rings. The van der Waals surface area contributed by atoms with Crippen molar-refractivity contribution in [1.82, 2.24) is 4.72 Å². The summed E-state index contributed by atoms with van der Waals surface area (Å²) in [4.78, 5) is 11.5. The molecule has 0 heterocycles. The zero-order chi connectivity index (χ0) is 18.3. The second-order valence-electron chi connectivity index (χ2n) is 5.63. The molecule has 0 aliphatic rings. The molecule has 0 aromatic heterocycles. The van der Waals surface area contributed by atoms with Crippen LogP contribution in [-0.4, -0.2) is 38.5 Å². The molecule has 0 aliphatic carbocycles. The fourth-order valence-electron chi connectivity index (χ4n) is 2.47. The molecule has 134 valence electrons. The Bertz CT molecular complexity index is 778. The quantitative estimate of drug-likeness (QED) is 0.711. The first-order chi connectivity index (χ1) is 11.9. The smallest absolute Gasteiger partial charge is 0.326 e. The first-order valence-electron chi connectivity index (χ1n) is 7.76. The van der Waals surface area contributed by atoms with Crippen LogP contribution < -0.4 is 4.72 Å². The molecule has 25 heavy (non-hydrogen) atoms. The van der Waals surface area contributed by atoms with Crippen LogP contribution in [0.25, 0.3) is 0 Å². The van der Waals surface area contributed by atoms with E-state index in [1.807, 2.05) is 30.3 Å². The van der Waals surface area contributed by atoms with Crippen LogP contribution in [0.2, 0.25) is 0 Å². The van der Waals surface area contributed by atoms with Crippen LogP contribution in [0.4, 0.5) is 0 Å². The lowest BCUT2D eigenvalue weighted by atomic mass is 10.1. The third-order valence-electron chi connectivity index (χ3n) is 3.72. The Balaban J connectivity index is 2.09. The molecule has 0 aliphatic heterocycles. The molecule has 2 atom stereocenters. The molecular weight excluding hydrogens is 342 g/mol. The number of ether oxygens (including phenoxy) is 1. The van der Waals surface area contributed by atoms with Gasteiger partial charge in [0.05, 0.1) is 11.9 Å². The van der Waals surface area contributed by atoms with Crippen LogP contribution in [0, 0.1) is 0 Å². The number of nitrogens with one attached hydrogen (secondary N) is 1. The zero-order valence-electron chi connectivity index (χ0n) is 13.8. The lowest BCUT2D eigenvalue weighted by Gasteiger charge is -2.19. The third kappa shape index (κ3) is 5.97. The maximum atomic E-state index is 12.4. The summed E-state index contributed by atoms with van der Waals surface area (Å²) in [5, 5.41) is 9.36. The molecule has 6 nitrogen and oxygen atoms in total. The van der Waals surface area contributed by atoms with Crippen molar-refractivity contribution in [3.63, 3.8) is 0 Å². The molecule has 0 spiro atoms. The molecule has 2 aromatic carbocycles. The van der Waals surface area contributed by atoms with E-state index in [9.17, 15) is 18.3 Å². The van der Waals surface area contributed by atoms with Crippen LogP contribution in [0.3, 0.4) is 0 Å². The molecule has 0 radical (unpaired) electrons. The molecule has 2 aromatic rings. The van der Waals surface area contributed by atoms with Gasteiger partial charge in [0.2, 0.25) is 10.0 Å². The average molecular weight is 363 g/mol. The van der Waals surface area contributed by atoms with Crippen molar-refractivity contribution in [3.05, 3.63) is 71.8 Å². The van der Waals surface area contributed by atoms with Crippen LogP contribution in [0.5, 0.6) is 0 Å². The van der Waals surface area contributed by atoms with Crippen LogP contribution in [0.15, 0.2) is 60.7 Å². The van der Waals surface area contributed by atoms with Crippen molar-refractivity contribution in [2.75, 3.05) is 12.9 Å². The number of carboxylic acids is 1. The minimum absolute atomic E-state index is 0.324. The molecule has 2 rings (SSSR count). The van der Waals surface area contributed by atoms with Gasteiger partial charge in [0.1, 0.15) is 6.04 Å². The topological polar surface area (TPSA) is 92.7 Å². The fraction of sp³-hybridized carbons (Fsp3) is 0.278. The van der Waals surface area contributed by atoms with E-state index in [1.165, 1.54) is 7.11 Å². The van der Waals surface area contributed by atoms with E-state index >= 15 is 0 Å². The van der Waals surface area contributed by atoms with Crippen LogP contribution in [-0.2, 0) is 26.0 Å². The van der Waals surface area contributed by atoms with Gasteiger partial charge in [0, 0.05) is 7.11 Å². The van der Waals surface area contributed by atoms with Crippen molar-refractivity contribution in [2.24, 2.45) is 0 Å². The van der Waals surface area contributed by atoms with Crippen LogP contribution in [0.1, 0.15) is 17.2 Å². The first kappa shape index (κ1) is 19.1. The fourth-order valence-corrected chi connectivity index (χ4v) is 3.90. The van der Waals surface area contributed by atoms with Crippen molar-refractivity contribution in [1.29, 1.82) is 0 Å². The Morgan fingerprint density at radius 2 is 1.64 bits per heavy atom. The average Bonchev–Trinajstić information content (AvgIpc) is 2.60. The Labute approximate surface area is 147 Å². The summed E-state index contributed by atoms with van der Waals surface area (Å²) in [6.07, 6.45) is -0.161. The highest BCUT2D eigenvalue weighted by molar-refractivity contribution is 7.89. The van der Waals surface area contributed by atoms with Gasteiger partial charge in [-0.05, 0) is 17.5 Å². The van der Waals surface area contributed by atoms with Gasteiger partial charge in [-0.3, -0.25) is 4.79 Å². The third-order valence-corrected chi connectivity index (χ3v) is 5.13. The molecule has 0 saturated heterocycles. The molecule has 7 heteroatoms. The van der Waals surface area contributed by atoms with Gasteiger partial charge >= 0.3 is 5.97 Å². The van der Waals surface area contributed by atoms with Gasteiger partial charge in [-0.25, -0.2) is 8.42 Å². The molecular formula is C18H21NO5S. The largest absolute Gasteiger partial charge is 0.480 e. The Morgan fingerprint density at radius 1 is 1.08 bits per heavy atom. The van der Waals surface area contributed by atoms with Gasteiger partial charge in [0.25, 0.3) is 0 Å². The molecule has 2 N–H and O–H groups in total. The number of carboxylic acid groups (broad SMARTS) is 1. The predicted octanol–water partition coefficient (Wildman–Crippen LogP) is 1.99. The van der Waals surface area contributed by atoms with E-state index in [0.29, 0.717) is 12.0 Å². The number of hydrogen-bond acceptors (Lipinski definition) is 4. The lowest BCUT2D eigenvalue weighted by Crippen LogP contribution is -2.39. The Morgan fingerprint density at radius 3 is 2.16 bits per heavy atom. The van der Waals surface area contributed by atoms with E-state index in [0.717, 1.165) is 5.56 Å². The monoisotopic (exact) mass is 363 g/mol. The van der Waals surface area contributed by atoms with E-state index in [4.69, 9.17) is 4.74 Å². The van der Waals surface area contributed by atoms with Crippen molar-refractivity contribution in [2.45, 2.75) is 18.6 Å². The second kappa shape index (κ2) is 8.75. The number of sulfonamides is 1. The SMILES string of the molecule is COC(Cc1ccccc1)CS(=O)(=O)N[C@@H](C(=O)O)c1ccccc1. The van der Waals surface area contributed by atoms with Gasteiger partial charge in [-0.1, -0.05) is 60.7 Å². The maximum Gasteiger partial charge on any atom is 0.326 e. The lowest BCUT2D eigenvalue weighted by molar-refractivity contribution is -0.139. The summed E-state index contributed by atoms with van der Waals surface area (Å²) in [5.41, 5.74) is 1.32. The minimum atomic E-state index is -3.86. The van der Waals surface area contributed by atoms with Gasteiger partial charge in [-0.2, -0.15) is 4.72 Å². The molecule has 0 bridgehead atoms. The van der Waals surface area contributed by atoms with E-state index in [-0.39, 0.29) is 5.75 Å². The number of carbonyl (C=O) groups is 1. The van der Waals surface area contributed by atoms with Crippen molar-refractivity contribution in [3.8, 4) is 0 Å². The molecule has 0 saturated carbocycles. The van der Waals surface area contributed by atoms with Crippen molar-refractivity contribution < 1.29 is 23.1 Å². The van der Waals surface area contributed by atoms with Crippen LogP contribution >= 0.6 is 0 Å². The maximum absolute atomic E-state index is 12.4.